The van der Waals surface area contributed by atoms with E-state index in [0.717, 1.165) is 17.8 Å². The molecule has 0 aliphatic carbocycles. The predicted octanol–water partition coefficient (Wildman–Crippen LogP) is 2.11. The molecule has 0 bridgehead atoms. The maximum Gasteiger partial charge on any atom is 0.240 e. The van der Waals surface area contributed by atoms with Crippen molar-refractivity contribution in [2.24, 2.45) is 11.7 Å². The Morgan fingerprint density at radius 2 is 2.11 bits per heavy atom. The minimum Gasteiger partial charge on any atom is -0.336 e. The summed E-state index contributed by atoms with van der Waals surface area (Å²) in [4.78, 5) is 18.5. The number of rotatable bonds is 6. The van der Waals surface area contributed by atoms with Crippen molar-refractivity contribution >= 4 is 5.91 Å². The van der Waals surface area contributed by atoms with E-state index >= 15 is 0 Å². The fraction of sp³-hybridized carbons (Fsp3) is 0.600. The number of pyridine rings is 1. The summed E-state index contributed by atoms with van der Waals surface area (Å²) in [5.74, 6) is 0.215. The van der Waals surface area contributed by atoms with Gasteiger partial charge in [0, 0.05) is 12.2 Å². The second-order valence-corrected chi connectivity index (χ2v) is 5.03. The van der Waals surface area contributed by atoms with Gasteiger partial charge in [-0.15, -0.1) is 0 Å². The zero-order valence-electron chi connectivity index (χ0n) is 12.4. The fourth-order valence-electron chi connectivity index (χ4n) is 1.94. The topological polar surface area (TPSA) is 59.2 Å². The summed E-state index contributed by atoms with van der Waals surface area (Å²) in [6.45, 7) is 9.17. The van der Waals surface area contributed by atoms with Gasteiger partial charge in [-0.2, -0.15) is 0 Å². The lowest BCUT2D eigenvalue weighted by Gasteiger charge is -2.26. The first-order chi connectivity index (χ1) is 8.99. The number of nitrogens with two attached hydrogens (primary N) is 1. The van der Waals surface area contributed by atoms with E-state index in [1.54, 1.807) is 4.90 Å². The largest absolute Gasteiger partial charge is 0.336 e. The molecule has 0 aliphatic rings. The average molecular weight is 263 g/mol. The maximum absolute atomic E-state index is 12.3. The van der Waals surface area contributed by atoms with Crippen molar-refractivity contribution in [1.82, 2.24) is 9.88 Å². The monoisotopic (exact) mass is 263 g/mol. The molecule has 2 N–H and O–H groups in total. The predicted molar refractivity (Wildman–Crippen MR) is 77.5 cm³/mol. The Labute approximate surface area is 116 Å². The fourth-order valence-corrected chi connectivity index (χ4v) is 1.94. The van der Waals surface area contributed by atoms with Crippen LogP contribution in [0.2, 0.25) is 0 Å². The Bertz CT molecular complexity index is 420. The quantitative estimate of drug-likeness (QED) is 0.855. The van der Waals surface area contributed by atoms with Crippen LogP contribution in [0.3, 0.4) is 0 Å². The molecule has 0 fully saturated rings. The van der Waals surface area contributed by atoms with Gasteiger partial charge in [-0.25, -0.2) is 0 Å². The average Bonchev–Trinajstić information content (AvgIpc) is 2.42. The number of amides is 1. The lowest BCUT2D eigenvalue weighted by molar-refractivity contribution is -0.134. The molecule has 0 saturated heterocycles. The molecule has 0 spiro atoms. The molecule has 0 saturated carbocycles. The molecule has 1 aromatic rings. The summed E-state index contributed by atoms with van der Waals surface area (Å²) >= 11 is 0. The van der Waals surface area contributed by atoms with Crippen LogP contribution in [0, 0.1) is 12.8 Å². The molecular weight excluding hydrogens is 238 g/mol. The van der Waals surface area contributed by atoms with Gasteiger partial charge in [-0.1, -0.05) is 26.3 Å². The molecule has 2 atom stereocenters. The highest BCUT2D eigenvalue weighted by atomic mass is 16.2. The van der Waals surface area contributed by atoms with Gasteiger partial charge < -0.3 is 10.6 Å². The number of aryl methyl sites for hydroxylation is 1. The molecular formula is C15H25N3O. The third-order valence-electron chi connectivity index (χ3n) is 3.53. The lowest BCUT2D eigenvalue weighted by atomic mass is 9.99. The zero-order valence-corrected chi connectivity index (χ0v) is 12.4. The van der Waals surface area contributed by atoms with Gasteiger partial charge in [0.15, 0.2) is 0 Å². The number of hydrogen-bond acceptors (Lipinski definition) is 3. The van der Waals surface area contributed by atoms with E-state index < -0.39 is 6.04 Å². The first-order valence-corrected chi connectivity index (χ1v) is 6.96. The normalized spacial score (nSPS) is 13.9. The van der Waals surface area contributed by atoms with Gasteiger partial charge in [0.1, 0.15) is 0 Å². The van der Waals surface area contributed by atoms with Gasteiger partial charge in [0.25, 0.3) is 0 Å². The van der Waals surface area contributed by atoms with Crippen LogP contribution < -0.4 is 5.73 Å². The standard InChI is InChI=1S/C15H25N3O/c1-5-11(3)14(16)15(19)18(6-2)10-13-9-7-8-12(4)17-13/h7-9,11,14H,5-6,10,16H2,1-4H3. The molecule has 1 amide bonds. The van der Waals surface area contributed by atoms with Crippen LogP contribution in [0.4, 0.5) is 0 Å². The SMILES string of the molecule is CCC(C)C(N)C(=O)N(CC)Cc1cccc(C)n1. The molecule has 2 unspecified atom stereocenters. The van der Waals surface area contributed by atoms with Crippen LogP contribution in [-0.2, 0) is 11.3 Å². The van der Waals surface area contributed by atoms with Gasteiger partial charge in [0.2, 0.25) is 5.91 Å². The lowest BCUT2D eigenvalue weighted by Crippen LogP contribution is -2.46. The van der Waals surface area contributed by atoms with Crippen LogP contribution in [-0.4, -0.2) is 28.4 Å². The molecule has 1 aromatic heterocycles. The Balaban J connectivity index is 2.75. The summed E-state index contributed by atoms with van der Waals surface area (Å²) in [5.41, 5.74) is 7.89. The molecule has 4 heteroatoms. The van der Waals surface area contributed by atoms with Crippen LogP contribution in [0.25, 0.3) is 0 Å². The maximum atomic E-state index is 12.3. The van der Waals surface area contributed by atoms with E-state index in [0.29, 0.717) is 13.1 Å². The first kappa shape index (κ1) is 15.6. The highest BCUT2D eigenvalue weighted by Gasteiger charge is 2.24. The first-order valence-electron chi connectivity index (χ1n) is 6.96. The Kier molecular flexibility index (Phi) is 5.96. The van der Waals surface area contributed by atoms with Gasteiger partial charge in [-0.3, -0.25) is 9.78 Å². The van der Waals surface area contributed by atoms with E-state index in [9.17, 15) is 4.79 Å². The van der Waals surface area contributed by atoms with Crippen molar-refractivity contribution in [2.45, 2.75) is 46.7 Å². The molecule has 4 nitrogen and oxygen atoms in total. The van der Waals surface area contributed by atoms with Crippen LogP contribution in [0.1, 0.15) is 38.6 Å². The summed E-state index contributed by atoms with van der Waals surface area (Å²) in [5, 5.41) is 0. The number of carbonyl (C=O) groups excluding carboxylic acids is 1. The smallest absolute Gasteiger partial charge is 0.240 e. The van der Waals surface area contributed by atoms with Crippen molar-refractivity contribution < 1.29 is 4.79 Å². The highest BCUT2D eigenvalue weighted by Crippen LogP contribution is 2.11. The van der Waals surface area contributed by atoms with E-state index in [1.807, 2.05) is 39.0 Å². The number of aromatic nitrogens is 1. The minimum atomic E-state index is -0.422. The van der Waals surface area contributed by atoms with Crippen LogP contribution >= 0.6 is 0 Å². The third-order valence-corrected chi connectivity index (χ3v) is 3.53. The Morgan fingerprint density at radius 3 is 2.63 bits per heavy atom. The zero-order chi connectivity index (χ0) is 14.4. The summed E-state index contributed by atoms with van der Waals surface area (Å²) in [6.07, 6.45) is 0.910. The number of nitrogens with zero attached hydrogens (tertiary/aromatic N) is 2. The van der Waals surface area contributed by atoms with Crippen molar-refractivity contribution in [3.05, 3.63) is 29.6 Å². The van der Waals surface area contributed by atoms with Gasteiger partial charge in [-0.05, 0) is 31.9 Å². The van der Waals surface area contributed by atoms with Crippen molar-refractivity contribution in [3.63, 3.8) is 0 Å². The van der Waals surface area contributed by atoms with E-state index in [2.05, 4.69) is 11.9 Å². The molecule has 0 aromatic carbocycles. The summed E-state index contributed by atoms with van der Waals surface area (Å²) < 4.78 is 0. The van der Waals surface area contributed by atoms with Crippen LogP contribution in [0.15, 0.2) is 18.2 Å². The summed E-state index contributed by atoms with van der Waals surface area (Å²) in [6, 6.07) is 5.43. The molecule has 0 radical (unpaired) electrons. The van der Waals surface area contributed by atoms with Crippen LogP contribution in [0.5, 0.6) is 0 Å². The summed E-state index contributed by atoms with van der Waals surface area (Å²) in [7, 11) is 0. The minimum absolute atomic E-state index is 0.0140. The second-order valence-electron chi connectivity index (χ2n) is 5.03. The number of likely N-dealkylation sites (N-methyl/N-ethyl adjacent to an activating group) is 1. The van der Waals surface area contributed by atoms with E-state index in [1.165, 1.54) is 0 Å². The molecule has 1 rings (SSSR count). The molecule has 19 heavy (non-hydrogen) atoms. The van der Waals surface area contributed by atoms with Gasteiger partial charge in [0.05, 0.1) is 18.3 Å². The Morgan fingerprint density at radius 1 is 1.42 bits per heavy atom. The third kappa shape index (κ3) is 4.31. The van der Waals surface area contributed by atoms with Crippen molar-refractivity contribution in [2.75, 3.05) is 6.54 Å². The highest BCUT2D eigenvalue weighted by molar-refractivity contribution is 5.81. The Hall–Kier alpha value is -1.42. The molecule has 106 valence electrons. The van der Waals surface area contributed by atoms with Gasteiger partial charge >= 0.3 is 0 Å². The van der Waals surface area contributed by atoms with E-state index in [-0.39, 0.29) is 11.8 Å². The second kappa shape index (κ2) is 7.24. The molecule has 1 heterocycles. The van der Waals surface area contributed by atoms with Crippen molar-refractivity contribution in [1.29, 1.82) is 0 Å². The molecule has 0 aliphatic heterocycles. The van der Waals surface area contributed by atoms with Crippen molar-refractivity contribution in [3.8, 4) is 0 Å². The number of hydrogen-bond donors (Lipinski definition) is 1. The number of carbonyl (C=O) groups is 1. The van der Waals surface area contributed by atoms with E-state index in [4.69, 9.17) is 5.73 Å².